The van der Waals surface area contributed by atoms with E-state index in [4.69, 9.17) is 44.3 Å². The molecule has 0 aliphatic rings. The molecule has 3 rings (SSSR count). The zero-order valence-electron chi connectivity index (χ0n) is 17.2. The molecule has 0 heterocycles. The zero-order chi connectivity index (χ0) is 24.0. The maximum absolute atomic E-state index is 12.2. The summed E-state index contributed by atoms with van der Waals surface area (Å²) in [5.41, 5.74) is 1.29. The minimum Gasteiger partial charge on any atom is -0.493 e. The van der Waals surface area contributed by atoms with Crippen molar-refractivity contribution in [1.29, 1.82) is 0 Å². The lowest BCUT2D eigenvalue weighted by molar-refractivity contribution is -0.384. The fourth-order valence-corrected chi connectivity index (χ4v) is 3.51. The van der Waals surface area contributed by atoms with Crippen LogP contribution < -0.4 is 14.8 Å². The van der Waals surface area contributed by atoms with Crippen molar-refractivity contribution in [2.24, 2.45) is 0 Å². The second-order valence-corrected chi connectivity index (χ2v) is 7.87. The van der Waals surface area contributed by atoms with Crippen LogP contribution in [-0.2, 0) is 11.4 Å². The third kappa shape index (κ3) is 6.38. The number of methoxy groups -OCH3 is 1. The van der Waals surface area contributed by atoms with Crippen LogP contribution in [0.3, 0.4) is 0 Å². The quantitative estimate of drug-likeness (QED) is 0.206. The van der Waals surface area contributed by atoms with E-state index in [-0.39, 0.29) is 23.0 Å². The SMILES string of the molecule is COc1cc(C=CC(=O)Nc2ccc(Cl)c([N+](=O)[O-])c2)ccc1OCc1c(Cl)cccc1Cl. The maximum Gasteiger partial charge on any atom is 0.289 e. The average Bonchev–Trinajstić information content (AvgIpc) is 2.78. The van der Waals surface area contributed by atoms with Crippen molar-refractivity contribution in [3.8, 4) is 11.5 Å². The van der Waals surface area contributed by atoms with Crippen LogP contribution in [0.2, 0.25) is 15.1 Å². The minimum atomic E-state index is -0.622. The Kier molecular flexibility index (Phi) is 8.16. The van der Waals surface area contributed by atoms with E-state index >= 15 is 0 Å². The number of benzene rings is 3. The first-order valence-corrected chi connectivity index (χ1v) is 10.6. The predicted molar refractivity (Wildman–Crippen MR) is 130 cm³/mol. The third-order valence-electron chi connectivity index (χ3n) is 4.46. The number of carbonyl (C=O) groups excluding carboxylic acids is 1. The minimum absolute atomic E-state index is 0.0141. The number of nitro benzene ring substituents is 1. The van der Waals surface area contributed by atoms with Crippen LogP contribution in [0.1, 0.15) is 11.1 Å². The molecule has 0 saturated carbocycles. The van der Waals surface area contributed by atoms with Gasteiger partial charge in [-0.15, -0.1) is 0 Å². The highest BCUT2D eigenvalue weighted by Gasteiger charge is 2.13. The van der Waals surface area contributed by atoms with Gasteiger partial charge in [0, 0.05) is 33.4 Å². The Morgan fingerprint density at radius 3 is 2.42 bits per heavy atom. The van der Waals surface area contributed by atoms with Gasteiger partial charge in [-0.3, -0.25) is 14.9 Å². The number of hydrogen-bond donors (Lipinski definition) is 1. The first-order valence-electron chi connectivity index (χ1n) is 9.45. The van der Waals surface area contributed by atoms with E-state index in [1.807, 2.05) is 0 Å². The molecule has 0 fully saturated rings. The van der Waals surface area contributed by atoms with Crippen molar-refractivity contribution in [1.82, 2.24) is 0 Å². The molecule has 0 aliphatic heterocycles. The fraction of sp³-hybridized carbons (Fsp3) is 0.0870. The lowest BCUT2D eigenvalue weighted by Crippen LogP contribution is -2.08. The molecule has 1 N–H and O–H groups in total. The van der Waals surface area contributed by atoms with Crippen LogP contribution in [0.5, 0.6) is 11.5 Å². The molecule has 170 valence electrons. The number of nitrogens with one attached hydrogen (secondary N) is 1. The number of nitro groups is 1. The molecular weight excluding hydrogens is 491 g/mol. The normalized spacial score (nSPS) is 10.8. The molecule has 0 bridgehead atoms. The molecule has 0 aliphatic carbocycles. The molecule has 3 aromatic carbocycles. The topological polar surface area (TPSA) is 90.7 Å². The van der Waals surface area contributed by atoms with Crippen LogP contribution in [0, 0.1) is 10.1 Å². The summed E-state index contributed by atoms with van der Waals surface area (Å²) in [5.74, 6) is 0.455. The molecule has 10 heteroatoms. The first kappa shape index (κ1) is 24.4. The number of amides is 1. The highest BCUT2D eigenvalue weighted by molar-refractivity contribution is 6.36. The predicted octanol–water partition coefficient (Wildman–Crippen LogP) is 6.79. The number of halogens is 3. The fourth-order valence-electron chi connectivity index (χ4n) is 2.81. The van der Waals surface area contributed by atoms with Gasteiger partial charge in [0.15, 0.2) is 11.5 Å². The van der Waals surface area contributed by atoms with Crippen LogP contribution in [-0.4, -0.2) is 17.9 Å². The van der Waals surface area contributed by atoms with Gasteiger partial charge in [-0.05, 0) is 48.0 Å². The van der Waals surface area contributed by atoms with Gasteiger partial charge in [-0.2, -0.15) is 0 Å². The molecule has 33 heavy (non-hydrogen) atoms. The van der Waals surface area contributed by atoms with Crippen LogP contribution >= 0.6 is 34.8 Å². The first-order chi connectivity index (χ1) is 15.8. The Labute approximate surface area is 204 Å². The highest BCUT2D eigenvalue weighted by atomic mass is 35.5. The van der Waals surface area contributed by atoms with Crippen LogP contribution in [0.15, 0.2) is 60.7 Å². The Bertz CT molecular complexity index is 1210. The lowest BCUT2D eigenvalue weighted by Gasteiger charge is -2.13. The summed E-state index contributed by atoms with van der Waals surface area (Å²) >= 11 is 18.1. The third-order valence-corrected chi connectivity index (χ3v) is 5.49. The monoisotopic (exact) mass is 506 g/mol. The molecule has 0 atom stereocenters. The van der Waals surface area contributed by atoms with E-state index in [2.05, 4.69) is 5.32 Å². The van der Waals surface area contributed by atoms with E-state index in [0.29, 0.717) is 32.7 Å². The van der Waals surface area contributed by atoms with Gasteiger partial charge in [0.25, 0.3) is 5.69 Å². The maximum atomic E-state index is 12.2. The second kappa shape index (κ2) is 11.0. The highest BCUT2D eigenvalue weighted by Crippen LogP contribution is 2.32. The molecule has 7 nitrogen and oxygen atoms in total. The van der Waals surface area contributed by atoms with E-state index in [0.717, 1.165) is 0 Å². The summed E-state index contributed by atoms with van der Waals surface area (Å²) in [4.78, 5) is 22.6. The second-order valence-electron chi connectivity index (χ2n) is 6.65. The summed E-state index contributed by atoms with van der Waals surface area (Å²) in [6.07, 6.45) is 2.86. The van der Waals surface area contributed by atoms with Gasteiger partial charge in [-0.25, -0.2) is 0 Å². The summed E-state index contributed by atoms with van der Waals surface area (Å²) in [7, 11) is 1.50. The van der Waals surface area contributed by atoms with Crippen molar-refractivity contribution in [2.45, 2.75) is 6.61 Å². The van der Waals surface area contributed by atoms with E-state index in [1.54, 1.807) is 42.5 Å². The van der Waals surface area contributed by atoms with Crippen molar-refractivity contribution in [3.05, 3.63) is 97.0 Å². The Morgan fingerprint density at radius 1 is 1.03 bits per heavy atom. The number of ether oxygens (including phenoxy) is 2. The summed E-state index contributed by atoms with van der Waals surface area (Å²) in [6, 6.07) is 14.3. The largest absolute Gasteiger partial charge is 0.493 e. The van der Waals surface area contributed by atoms with Gasteiger partial charge >= 0.3 is 0 Å². The molecule has 1 amide bonds. The number of anilines is 1. The summed E-state index contributed by atoms with van der Waals surface area (Å²) in [6.45, 7) is 0.152. The van der Waals surface area contributed by atoms with Gasteiger partial charge in [-0.1, -0.05) is 46.9 Å². The van der Waals surface area contributed by atoms with Crippen molar-refractivity contribution < 1.29 is 19.2 Å². The number of hydrogen-bond acceptors (Lipinski definition) is 5. The van der Waals surface area contributed by atoms with E-state index < -0.39 is 10.8 Å². The lowest BCUT2D eigenvalue weighted by atomic mass is 10.2. The van der Waals surface area contributed by atoms with Crippen molar-refractivity contribution >= 4 is 58.2 Å². The molecule has 0 unspecified atom stereocenters. The zero-order valence-corrected chi connectivity index (χ0v) is 19.4. The van der Waals surface area contributed by atoms with Crippen molar-refractivity contribution in [3.63, 3.8) is 0 Å². The number of nitrogens with zero attached hydrogens (tertiary/aromatic N) is 1. The van der Waals surface area contributed by atoms with Gasteiger partial charge in [0.05, 0.1) is 12.0 Å². The molecule has 0 spiro atoms. The smallest absolute Gasteiger partial charge is 0.289 e. The number of rotatable bonds is 8. The molecule has 0 radical (unpaired) electrons. The molecule has 3 aromatic rings. The summed E-state index contributed by atoms with van der Waals surface area (Å²) < 4.78 is 11.2. The number of carbonyl (C=O) groups is 1. The molecule has 0 saturated heterocycles. The standard InChI is InChI=1S/C23H17Cl3N2O5/c1-32-22-11-14(5-9-21(22)33-13-16-17(24)3-2-4-18(16)25)6-10-23(29)27-15-7-8-19(26)20(12-15)28(30)31/h2-12H,13H2,1H3,(H,27,29). The molecular formula is C23H17Cl3N2O5. The van der Waals surface area contributed by atoms with Crippen molar-refractivity contribution in [2.75, 3.05) is 12.4 Å². The Hall–Kier alpha value is -3.26. The molecule has 0 aromatic heterocycles. The van der Waals surface area contributed by atoms with Gasteiger partial charge < -0.3 is 14.8 Å². The summed E-state index contributed by atoms with van der Waals surface area (Å²) in [5, 5.41) is 14.5. The Balaban J connectivity index is 1.68. The van der Waals surface area contributed by atoms with Gasteiger partial charge in [0.2, 0.25) is 5.91 Å². The Morgan fingerprint density at radius 2 is 1.76 bits per heavy atom. The van der Waals surface area contributed by atoms with Crippen LogP contribution in [0.4, 0.5) is 11.4 Å². The van der Waals surface area contributed by atoms with Crippen LogP contribution in [0.25, 0.3) is 6.08 Å². The van der Waals surface area contributed by atoms with Gasteiger partial charge in [0.1, 0.15) is 11.6 Å². The van der Waals surface area contributed by atoms with E-state index in [9.17, 15) is 14.9 Å². The average molecular weight is 508 g/mol. The van der Waals surface area contributed by atoms with E-state index in [1.165, 1.54) is 31.4 Å².